The van der Waals surface area contributed by atoms with Crippen molar-refractivity contribution in [2.75, 3.05) is 7.11 Å². The van der Waals surface area contributed by atoms with E-state index in [2.05, 4.69) is 15.3 Å². The van der Waals surface area contributed by atoms with Crippen LogP contribution in [0.25, 0.3) is 11.4 Å². The second-order valence-corrected chi connectivity index (χ2v) is 4.86. The summed E-state index contributed by atoms with van der Waals surface area (Å²) >= 11 is 0. The van der Waals surface area contributed by atoms with Gasteiger partial charge in [-0.1, -0.05) is 10.3 Å². The van der Waals surface area contributed by atoms with Gasteiger partial charge in [-0.25, -0.2) is 4.39 Å². The molecular weight excluding hydrogens is 289 g/mol. The summed E-state index contributed by atoms with van der Waals surface area (Å²) in [7, 11) is 1.51. The second kappa shape index (κ2) is 6.07. The lowest BCUT2D eigenvalue weighted by molar-refractivity contribution is 0.181. The van der Waals surface area contributed by atoms with Crippen LogP contribution >= 0.6 is 0 Å². The first-order valence-corrected chi connectivity index (χ1v) is 6.68. The van der Waals surface area contributed by atoms with Crippen molar-refractivity contribution in [1.29, 1.82) is 0 Å². The summed E-state index contributed by atoms with van der Waals surface area (Å²) in [6, 6.07) is 6.41. The Morgan fingerprint density at radius 2 is 2.05 bits per heavy atom. The Labute approximate surface area is 125 Å². The van der Waals surface area contributed by atoms with Crippen LogP contribution in [0.1, 0.15) is 22.9 Å². The van der Waals surface area contributed by atoms with Crippen LogP contribution in [-0.2, 0) is 17.8 Å². The predicted octanol–water partition coefficient (Wildman–Crippen LogP) is 2.91. The number of nitrogens with zero attached hydrogens (tertiary/aromatic N) is 3. The van der Waals surface area contributed by atoms with Gasteiger partial charge in [0.05, 0.1) is 18.7 Å². The maximum Gasteiger partial charge on any atom is 0.233 e. The minimum atomic E-state index is -0.326. The molecule has 2 heterocycles. The number of halogens is 1. The molecule has 1 aromatic carbocycles. The molecule has 22 heavy (non-hydrogen) atoms. The molecule has 3 aromatic rings. The van der Waals surface area contributed by atoms with Crippen LogP contribution in [0.4, 0.5) is 4.39 Å². The molecule has 0 aliphatic heterocycles. The van der Waals surface area contributed by atoms with Gasteiger partial charge >= 0.3 is 0 Å². The van der Waals surface area contributed by atoms with E-state index in [-0.39, 0.29) is 12.4 Å². The van der Waals surface area contributed by atoms with Crippen LogP contribution in [0, 0.1) is 12.7 Å². The molecule has 0 aliphatic rings. The first kappa shape index (κ1) is 14.4. The van der Waals surface area contributed by atoms with Gasteiger partial charge in [0.25, 0.3) is 0 Å². The lowest BCUT2D eigenvalue weighted by Crippen LogP contribution is -1.94. The van der Waals surface area contributed by atoms with Crippen molar-refractivity contribution in [1.82, 2.24) is 15.3 Å². The monoisotopic (exact) mass is 303 g/mol. The van der Waals surface area contributed by atoms with Crippen molar-refractivity contribution in [2.24, 2.45) is 0 Å². The van der Waals surface area contributed by atoms with E-state index in [9.17, 15) is 4.39 Å². The molecule has 0 N–H and O–H groups in total. The van der Waals surface area contributed by atoms with E-state index in [1.54, 1.807) is 18.2 Å². The van der Waals surface area contributed by atoms with Gasteiger partial charge in [-0.05, 0) is 25.1 Å². The highest BCUT2D eigenvalue weighted by Crippen LogP contribution is 2.21. The fourth-order valence-electron chi connectivity index (χ4n) is 2.08. The Morgan fingerprint density at radius 1 is 1.18 bits per heavy atom. The van der Waals surface area contributed by atoms with E-state index in [0.717, 1.165) is 5.76 Å². The van der Waals surface area contributed by atoms with Crippen LogP contribution in [0.3, 0.4) is 0 Å². The topological polar surface area (TPSA) is 74.2 Å². The van der Waals surface area contributed by atoms with Crippen molar-refractivity contribution in [3.63, 3.8) is 0 Å². The minimum Gasteiger partial charge on any atom is -0.380 e. The van der Waals surface area contributed by atoms with Crippen LogP contribution < -0.4 is 0 Å². The molecule has 0 fully saturated rings. The summed E-state index contributed by atoms with van der Waals surface area (Å²) in [5.74, 6) is 1.21. The zero-order valence-corrected chi connectivity index (χ0v) is 12.2. The van der Waals surface area contributed by atoms with Gasteiger partial charge < -0.3 is 13.8 Å². The highest BCUT2D eigenvalue weighted by atomic mass is 19.1. The Morgan fingerprint density at radius 3 is 2.77 bits per heavy atom. The molecule has 0 saturated heterocycles. The summed E-state index contributed by atoms with van der Waals surface area (Å²) in [5, 5.41) is 7.79. The highest BCUT2D eigenvalue weighted by Gasteiger charge is 2.13. The number of methoxy groups -OCH3 is 1. The molecule has 0 bridgehead atoms. The molecule has 114 valence electrons. The Balaban J connectivity index is 1.82. The SMILES string of the molecule is COCc1cc(-c2noc(Cc3cc(C)on3)n2)ccc1F. The second-order valence-electron chi connectivity index (χ2n) is 4.86. The van der Waals surface area contributed by atoms with E-state index in [1.165, 1.54) is 13.2 Å². The standard InChI is InChI=1S/C15H14FN3O3/c1-9-5-12(18-21-9)7-14-17-15(19-22-14)10-3-4-13(16)11(6-10)8-20-2/h3-6H,7-8H2,1-2H3. The number of hydrogen-bond donors (Lipinski definition) is 0. The van der Waals surface area contributed by atoms with Gasteiger partial charge in [-0.3, -0.25) is 0 Å². The maximum atomic E-state index is 13.6. The van der Waals surface area contributed by atoms with Gasteiger partial charge in [0, 0.05) is 24.3 Å². The number of ether oxygens (including phenoxy) is 1. The first-order chi connectivity index (χ1) is 10.7. The lowest BCUT2D eigenvalue weighted by atomic mass is 10.1. The molecule has 7 heteroatoms. The average Bonchev–Trinajstić information content (AvgIpc) is 3.11. The van der Waals surface area contributed by atoms with Crippen molar-refractivity contribution in [2.45, 2.75) is 20.0 Å². The van der Waals surface area contributed by atoms with Crippen molar-refractivity contribution < 1.29 is 18.2 Å². The number of benzene rings is 1. The minimum absolute atomic E-state index is 0.183. The lowest BCUT2D eigenvalue weighted by Gasteiger charge is -2.03. The Kier molecular flexibility index (Phi) is 3.97. The molecule has 3 rings (SSSR count). The Bertz CT molecular complexity index is 782. The third-order valence-electron chi connectivity index (χ3n) is 3.08. The number of rotatable bonds is 5. The molecule has 0 amide bonds. The Hall–Kier alpha value is -2.54. The van der Waals surface area contributed by atoms with Gasteiger partial charge in [-0.2, -0.15) is 4.98 Å². The summed E-state index contributed by atoms with van der Waals surface area (Å²) in [5.41, 5.74) is 1.82. The molecule has 0 aliphatic carbocycles. The third-order valence-corrected chi connectivity index (χ3v) is 3.08. The molecule has 6 nitrogen and oxygen atoms in total. The molecule has 0 radical (unpaired) electrons. The molecule has 0 spiro atoms. The highest BCUT2D eigenvalue weighted by molar-refractivity contribution is 5.55. The summed E-state index contributed by atoms with van der Waals surface area (Å²) in [6.45, 7) is 1.99. The van der Waals surface area contributed by atoms with Crippen molar-refractivity contribution in [3.8, 4) is 11.4 Å². The quantitative estimate of drug-likeness (QED) is 0.721. The van der Waals surface area contributed by atoms with E-state index < -0.39 is 0 Å². The fraction of sp³-hybridized carbons (Fsp3) is 0.267. The zero-order chi connectivity index (χ0) is 15.5. The van der Waals surface area contributed by atoms with Crippen molar-refractivity contribution in [3.05, 3.63) is 53.0 Å². The van der Waals surface area contributed by atoms with Crippen molar-refractivity contribution >= 4 is 0 Å². The summed E-state index contributed by atoms with van der Waals surface area (Å²) in [6.07, 6.45) is 0.385. The largest absolute Gasteiger partial charge is 0.380 e. The maximum absolute atomic E-state index is 13.6. The number of aryl methyl sites for hydroxylation is 1. The smallest absolute Gasteiger partial charge is 0.233 e. The van der Waals surface area contributed by atoms with Crippen LogP contribution in [-0.4, -0.2) is 22.4 Å². The van der Waals surface area contributed by atoms with Crippen LogP contribution in [0.15, 0.2) is 33.3 Å². The van der Waals surface area contributed by atoms with Gasteiger partial charge in [0.15, 0.2) is 0 Å². The average molecular weight is 303 g/mol. The third kappa shape index (κ3) is 3.04. The zero-order valence-electron chi connectivity index (χ0n) is 12.2. The normalized spacial score (nSPS) is 11.0. The molecule has 0 atom stereocenters. The number of aromatic nitrogens is 3. The predicted molar refractivity (Wildman–Crippen MR) is 74.5 cm³/mol. The van der Waals surface area contributed by atoms with Gasteiger partial charge in [0.1, 0.15) is 11.6 Å². The van der Waals surface area contributed by atoms with Gasteiger partial charge in [0.2, 0.25) is 11.7 Å². The van der Waals surface area contributed by atoms with Crippen LogP contribution in [0.2, 0.25) is 0 Å². The molecule has 2 aromatic heterocycles. The van der Waals surface area contributed by atoms with E-state index in [1.807, 2.05) is 6.92 Å². The van der Waals surface area contributed by atoms with Gasteiger partial charge in [-0.15, -0.1) is 0 Å². The summed E-state index contributed by atoms with van der Waals surface area (Å²) < 4.78 is 28.8. The first-order valence-electron chi connectivity index (χ1n) is 6.68. The summed E-state index contributed by atoms with van der Waals surface area (Å²) in [4.78, 5) is 4.29. The van der Waals surface area contributed by atoms with E-state index in [0.29, 0.717) is 35.0 Å². The van der Waals surface area contributed by atoms with E-state index >= 15 is 0 Å². The number of hydrogen-bond acceptors (Lipinski definition) is 6. The van der Waals surface area contributed by atoms with Crippen LogP contribution in [0.5, 0.6) is 0 Å². The molecule has 0 saturated carbocycles. The van der Waals surface area contributed by atoms with E-state index in [4.69, 9.17) is 13.8 Å². The fourth-order valence-corrected chi connectivity index (χ4v) is 2.08. The molecule has 0 unspecified atom stereocenters. The molecular formula is C15H14FN3O3.